The fourth-order valence-corrected chi connectivity index (χ4v) is 2.86. The van der Waals surface area contributed by atoms with E-state index in [2.05, 4.69) is 5.32 Å². The molecule has 0 unspecified atom stereocenters. The zero-order valence-corrected chi connectivity index (χ0v) is 10.6. The van der Waals surface area contributed by atoms with E-state index in [1.807, 2.05) is 30.3 Å². The van der Waals surface area contributed by atoms with Crippen LogP contribution in [-0.2, 0) is 15.1 Å². The van der Waals surface area contributed by atoms with E-state index in [0.717, 1.165) is 24.8 Å². The van der Waals surface area contributed by atoms with E-state index in [-0.39, 0.29) is 17.4 Å². The quantitative estimate of drug-likeness (QED) is 0.868. The Morgan fingerprint density at radius 2 is 1.84 bits per heavy atom. The van der Waals surface area contributed by atoms with Crippen LogP contribution in [0.25, 0.3) is 0 Å². The normalized spacial score (nSPS) is 27.2. The molecule has 19 heavy (non-hydrogen) atoms. The topological polar surface area (TPSA) is 66.4 Å². The number of carboxylic acids is 1. The Kier molecular flexibility index (Phi) is 2.81. The number of carbonyl (C=O) groups excluding carboxylic acids is 1. The monoisotopic (exact) mass is 259 g/mol. The van der Waals surface area contributed by atoms with Gasteiger partial charge in [-0.15, -0.1) is 0 Å². The molecular weight excluding hydrogens is 242 g/mol. The number of rotatable bonds is 4. The molecular formula is C15H17NO3. The zero-order valence-electron chi connectivity index (χ0n) is 10.6. The van der Waals surface area contributed by atoms with Gasteiger partial charge < -0.3 is 10.4 Å². The van der Waals surface area contributed by atoms with Crippen molar-refractivity contribution >= 4 is 11.9 Å². The molecule has 4 nitrogen and oxygen atoms in total. The molecule has 2 N–H and O–H groups in total. The highest BCUT2D eigenvalue weighted by Gasteiger charge is 2.51. The third-order valence-electron chi connectivity index (χ3n) is 4.34. The summed E-state index contributed by atoms with van der Waals surface area (Å²) in [4.78, 5) is 22.9. The second-order valence-electron chi connectivity index (χ2n) is 5.58. The molecule has 0 aliphatic heterocycles. The van der Waals surface area contributed by atoms with Crippen molar-refractivity contribution in [2.75, 3.05) is 0 Å². The predicted octanol–water partition coefficient (Wildman–Crippen LogP) is 1.90. The Balaban J connectivity index is 1.71. The van der Waals surface area contributed by atoms with Gasteiger partial charge in [0.25, 0.3) is 0 Å². The fraction of sp³-hybridized carbons (Fsp3) is 0.467. The van der Waals surface area contributed by atoms with Gasteiger partial charge >= 0.3 is 5.97 Å². The van der Waals surface area contributed by atoms with E-state index in [0.29, 0.717) is 6.42 Å². The molecule has 0 spiro atoms. The molecule has 0 radical (unpaired) electrons. The van der Waals surface area contributed by atoms with Crippen molar-refractivity contribution in [3.05, 3.63) is 35.9 Å². The highest BCUT2D eigenvalue weighted by Crippen LogP contribution is 2.44. The molecule has 1 aromatic rings. The average Bonchev–Trinajstić information content (AvgIpc) is 3.15. The number of nitrogens with one attached hydrogen (secondary N) is 1. The maximum atomic E-state index is 12.1. The van der Waals surface area contributed by atoms with Crippen molar-refractivity contribution in [1.82, 2.24) is 5.32 Å². The van der Waals surface area contributed by atoms with Crippen LogP contribution in [0.3, 0.4) is 0 Å². The minimum absolute atomic E-state index is 0.101. The number of hydrogen-bond acceptors (Lipinski definition) is 2. The van der Waals surface area contributed by atoms with Crippen molar-refractivity contribution in [3.8, 4) is 0 Å². The predicted molar refractivity (Wildman–Crippen MR) is 69.3 cm³/mol. The second-order valence-corrected chi connectivity index (χ2v) is 5.58. The summed E-state index contributed by atoms with van der Waals surface area (Å²) < 4.78 is 0. The van der Waals surface area contributed by atoms with E-state index in [4.69, 9.17) is 5.11 Å². The van der Waals surface area contributed by atoms with Gasteiger partial charge in [-0.25, -0.2) is 0 Å². The molecule has 0 heterocycles. The molecule has 0 saturated heterocycles. The molecule has 1 amide bonds. The molecule has 2 atom stereocenters. The van der Waals surface area contributed by atoms with Crippen LogP contribution >= 0.6 is 0 Å². The number of carbonyl (C=O) groups is 2. The summed E-state index contributed by atoms with van der Waals surface area (Å²) in [6.07, 6.45) is 3.45. The van der Waals surface area contributed by atoms with Gasteiger partial charge in [0.15, 0.2) is 0 Å². The van der Waals surface area contributed by atoms with Crippen LogP contribution in [0.5, 0.6) is 0 Å². The molecule has 0 aromatic heterocycles. The first-order valence-corrected chi connectivity index (χ1v) is 6.73. The van der Waals surface area contributed by atoms with E-state index in [9.17, 15) is 9.59 Å². The van der Waals surface area contributed by atoms with Crippen molar-refractivity contribution < 1.29 is 14.7 Å². The summed E-state index contributed by atoms with van der Waals surface area (Å²) in [5.74, 6) is -1.77. The van der Waals surface area contributed by atoms with Gasteiger partial charge in [-0.1, -0.05) is 30.3 Å². The van der Waals surface area contributed by atoms with Crippen LogP contribution in [0.4, 0.5) is 0 Å². The lowest BCUT2D eigenvalue weighted by atomic mass is 9.71. The van der Waals surface area contributed by atoms with Crippen LogP contribution < -0.4 is 5.32 Å². The third-order valence-corrected chi connectivity index (χ3v) is 4.34. The Labute approximate surface area is 111 Å². The average molecular weight is 259 g/mol. The molecule has 100 valence electrons. The first-order valence-electron chi connectivity index (χ1n) is 6.73. The molecule has 3 rings (SSSR count). The SMILES string of the molecule is O=C(NC1(c2ccccc2)CCC1)[C@H]1C[C@H]1C(=O)O. The van der Waals surface area contributed by atoms with Gasteiger partial charge in [-0.05, 0) is 31.2 Å². The Morgan fingerprint density at radius 3 is 2.32 bits per heavy atom. The van der Waals surface area contributed by atoms with E-state index in [1.165, 1.54) is 0 Å². The summed E-state index contributed by atoms with van der Waals surface area (Å²) in [7, 11) is 0. The van der Waals surface area contributed by atoms with Crippen LogP contribution in [0.1, 0.15) is 31.2 Å². The van der Waals surface area contributed by atoms with Gasteiger partial charge in [0.2, 0.25) is 5.91 Å². The fourth-order valence-electron chi connectivity index (χ4n) is 2.86. The Bertz CT molecular complexity index is 507. The minimum Gasteiger partial charge on any atom is -0.481 e. The minimum atomic E-state index is -0.859. The molecule has 4 heteroatoms. The first kappa shape index (κ1) is 12.2. The third kappa shape index (κ3) is 2.11. The number of hydrogen-bond donors (Lipinski definition) is 2. The van der Waals surface area contributed by atoms with Gasteiger partial charge in [-0.2, -0.15) is 0 Å². The van der Waals surface area contributed by atoms with Crippen molar-refractivity contribution in [1.29, 1.82) is 0 Å². The second kappa shape index (κ2) is 4.37. The van der Waals surface area contributed by atoms with Crippen LogP contribution in [0.2, 0.25) is 0 Å². The highest BCUT2D eigenvalue weighted by atomic mass is 16.4. The van der Waals surface area contributed by atoms with Crippen molar-refractivity contribution in [3.63, 3.8) is 0 Å². The van der Waals surface area contributed by atoms with Crippen LogP contribution in [0, 0.1) is 11.8 Å². The van der Waals surface area contributed by atoms with E-state index >= 15 is 0 Å². The van der Waals surface area contributed by atoms with Gasteiger partial charge in [0.1, 0.15) is 0 Å². The standard InChI is InChI=1S/C15H17NO3/c17-13(11-9-12(11)14(18)19)16-15(7-4-8-15)10-5-2-1-3-6-10/h1-3,5-6,11-12H,4,7-9H2,(H,16,17)(H,18,19)/t11-,12+/m0/s1. The summed E-state index contributed by atoms with van der Waals surface area (Å²) in [6.45, 7) is 0. The summed E-state index contributed by atoms with van der Waals surface area (Å²) in [5.41, 5.74) is 0.867. The molecule has 2 aliphatic carbocycles. The number of carboxylic acid groups (broad SMARTS) is 1. The number of amides is 1. The maximum Gasteiger partial charge on any atom is 0.307 e. The van der Waals surface area contributed by atoms with Gasteiger partial charge in [0, 0.05) is 0 Å². The van der Waals surface area contributed by atoms with Crippen molar-refractivity contribution in [2.24, 2.45) is 11.8 Å². The zero-order chi connectivity index (χ0) is 13.5. The molecule has 0 bridgehead atoms. The summed E-state index contributed by atoms with van der Waals surface area (Å²) in [5, 5.41) is 12.0. The smallest absolute Gasteiger partial charge is 0.307 e. The van der Waals surface area contributed by atoms with Crippen LogP contribution in [-0.4, -0.2) is 17.0 Å². The van der Waals surface area contributed by atoms with Gasteiger partial charge in [0.05, 0.1) is 17.4 Å². The lowest BCUT2D eigenvalue weighted by molar-refractivity contribution is -0.140. The van der Waals surface area contributed by atoms with Crippen LogP contribution in [0.15, 0.2) is 30.3 Å². The van der Waals surface area contributed by atoms with E-state index < -0.39 is 11.9 Å². The Hall–Kier alpha value is -1.84. The molecule has 2 saturated carbocycles. The number of aliphatic carboxylic acids is 1. The highest BCUT2D eigenvalue weighted by molar-refractivity contribution is 5.90. The molecule has 2 aliphatic rings. The lowest BCUT2D eigenvalue weighted by Gasteiger charge is -2.43. The Morgan fingerprint density at radius 1 is 1.16 bits per heavy atom. The largest absolute Gasteiger partial charge is 0.481 e. The molecule has 1 aromatic carbocycles. The lowest BCUT2D eigenvalue weighted by Crippen LogP contribution is -2.51. The molecule has 2 fully saturated rings. The summed E-state index contributed by atoms with van der Waals surface area (Å²) in [6, 6.07) is 9.96. The summed E-state index contributed by atoms with van der Waals surface area (Å²) >= 11 is 0. The first-order chi connectivity index (χ1) is 9.12. The number of benzene rings is 1. The maximum absolute atomic E-state index is 12.1. The van der Waals surface area contributed by atoms with Gasteiger partial charge in [-0.3, -0.25) is 9.59 Å². The van der Waals surface area contributed by atoms with Crippen molar-refractivity contribution in [2.45, 2.75) is 31.2 Å². The van der Waals surface area contributed by atoms with E-state index in [1.54, 1.807) is 0 Å².